The van der Waals surface area contributed by atoms with E-state index in [9.17, 15) is 8.78 Å². The molecule has 0 aliphatic heterocycles. The first-order valence-electron chi connectivity index (χ1n) is 5.19. The highest BCUT2D eigenvalue weighted by Gasteiger charge is 2.02. The normalized spacial score (nSPS) is 10.2. The molecular weight excluding hydrogens is 222 g/mol. The van der Waals surface area contributed by atoms with E-state index in [2.05, 4.69) is 5.32 Å². The van der Waals surface area contributed by atoms with E-state index in [1.807, 2.05) is 0 Å². The van der Waals surface area contributed by atoms with Gasteiger partial charge in [-0.05, 0) is 24.3 Å². The molecule has 0 heterocycles. The van der Waals surface area contributed by atoms with Crippen molar-refractivity contribution in [3.05, 3.63) is 59.7 Å². The first-order valence-corrected chi connectivity index (χ1v) is 5.19. The van der Waals surface area contributed by atoms with Crippen LogP contribution in [0, 0.1) is 11.6 Å². The molecule has 2 aromatic rings. The number of hydrogen-bond donors (Lipinski definition) is 2. The first-order chi connectivity index (χ1) is 8.16. The van der Waals surface area contributed by atoms with Gasteiger partial charge in [0.1, 0.15) is 11.6 Å². The lowest BCUT2D eigenvalue weighted by Gasteiger charge is -2.08. The molecule has 0 aromatic heterocycles. The molecule has 2 nitrogen and oxygen atoms in total. The van der Waals surface area contributed by atoms with Gasteiger partial charge in [-0.15, -0.1) is 0 Å². The summed E-state index contributed by atoms with van der Waals surface area (Å²) in [7, 11) is 0. The predicted octanol–water partition coefficient (Wildman–Crippen LogP) is 3.16. The van der Waals surface area contributed by atoms with Crippen molar-refractivity contribution >= 4 is 11.4 Å². The van der Waals surface area contributed by atoms with Crippen molar-refractivity contribution < 1.29 is 8.78 Å². The molecule has 0 amide bonds. The maximum Gasteiger partial charge on any atom is 0.148 e. The van der Waals surface area contributed by atoms with E-state index in [1.165, 1.54) is 18.2 Å². The van der Waals surface area contributed by atoms with Gasteiger partial charge >= 0.3 is 0 Å². The van der Waals surface area contributed by atoms with E-state index in [-0.39, 0.29) is 11.5 Å². The minimum atomic E-state index is -0.483. The summed E-state index contributed by atoms with van der Waals surface area (Å²) in [5.74, 6) is -0.764. The van der Waals surface area contributed by atoms with Gasteiger partial charge in [0.2, 0.25) is 0 Å². The predicted molar refractivity (Wildman–Crippen MR) is 64.5 cm³/mol. The summed E-state index contributed by atoms with van der Waals surface area (Å²) in [5, 5.41) is 2.93. The van der Waals surface area contributed by atoms with Crippen LogP contribution in [-0.4, -0.2) is 0 Å². The number of rotatable bonds is 3. The van der Waals surface area contributed by atoms with Crippen LogP contribution >= 0.6 is 0 Å². The van der Waals surface area contributed by atoms with Crippen LogP contribution in [0.25, 0.3) is 0 Å². The topological polar surface area (TPSA) is 38.0 Å². The lowest BCUT2D eigenvalue weighted by molar-refractivity contribution is 0.613. The minimum Gasteiger partial charge on any atom is -0.396 e. The maximum atomic E-state index is 13.3. The van der Waals surface area contributed by atoms with Crippen LogP contribution in [0.1, 0.15) is 5.56 Å². The zero-order chi connectivity index (χ0) is 12.3. The van der Waals surface area contributed by atoms with Gasteiger partial charge in [0, 0.05) is 17.8 Å². The molecule has 88 valence electrons. The van der Waals surface area contributed by atoms with Gasteiger partial charge in [-0.2, -0.15) is 0 Å². The molecule has 0 radical (unpaired) electrons. The molecule has 0 spiro atoms. The Morgan fingerprint density at radius 1 is 1.00 bits per heavy atom. The number of halogens is 2. The summed E-state index contributed by atoms with van der Waals surface area (Å²) >= 11 is 0. The fourth-order valence-corrected chi connectivity index (χ4v) is 1.48. The van der Waals surface area contributed by atoms with Crippen molar-refractivity contribution in [2.75, 3.05) is 11.1 Å². The Balaban J connectivity index is 2.08. The number of benzene rings is 2. The summed E-state index contributed by atoms with van der Waals surface area (Å²) in [6.07, 6.45) is 0. The van der Waals surface area contributed by atoms with Crippen molar-refractivity contribution in [3.8, 4) is 0 Å². The molecule has 0 aliphatic carbocycles. The summed E-state index contributed by atoms with van der Waals surface area (Å²) < 4.78 is 26.4. The number of hydrogen-bond acceptors (Lipinski definition) is 2. The first kappa shape index (κ1) is 11.4. The van der Waals surface area contributed by atoms with Crippen LogP contribution in [0.2, 0.25) is 0 Å². The average molecular weight is 234 g/mol. The molecule has 0 aliphatic rings. The molecule has 17 heavy (non-hydrogen) atoms. The van der Waals surface area contributed by atoms with Crippen molar-refractivity contribution in [1.82, 2.24) is 0 Å². The fraction of sp³-hybridized carbons (Fsp3) is 0.0769. The van der Waals surface area contributed by atoms with Gasteiger partial charge in [-0.1, -0.05) is 18.2 Å². The largest absolute Gasteiger partial charge is 0.396 e. The average Bonchev–Trinajstić information content (AvgIpc) is 2.32. The second-order valence-corrected chi connectivity index (χ2v) is 3.68. The number of anilines is 2. The van der Waals surface area contributed by atoms with Gasteiger partial charge in [-0.25, -0.2) is 8.78 Å². The monoisotopic (exact) mass is 234 g/mol. The third-order valence-electron chi connectivity index (χ3n) is 2.44. The number of nitrogens with two attached hydrogens (primary N) is 1. The Kier molecular flexibility index (Phi) is 3.23. The second-order valence-electron chi connectivity index (χ2n) is 3.68. The molecule has 0 unspecified atom stereocenters. The third-order valence-corrected chi connectivity index (χ3v) is 2.44. The lowest BCUT2D eigenvalue weighted by atomic mass is 10.2. The van der Waals surface area contributed by atoms with Gasteiger partial charge < -0.3 is 11.1 Å². The Hall–Kier alpha value is -2.10. The van der Waals surface area contributed by atoms with Gasteiger partial charge in [0.25, 0.3) is 0 Å². The number of nitrogen functional groups attached to an aromatic ring is 1. The molecule has 0 fully saturated rings. The van der Waals surface area contributed by atoms with Crippen molar-refractivity contribution in [3.63, 3.8) is 0 Å². The van der Waals surface area contributed by atoms with Crippen LogP contribution in [-0.2, 0) is 6.54 Å². The third kappa shape index (κ3) is 2.72. The van der Waals surface area contributed by atoms with Crippen LogP contribution in [0.5, 0.6) is 0 Å². The standard InChI is InChI=1S/C13H12F2N2/c14-11-4-2-1-3-9(11)8-17-10-5-6-13(16)12(15)7-10/h1-7,17H,8,16H2. The molecule has 0 saturated heterocycles. The van der Waals surface area contributed by atoms with E-state index >= 15 is 0 Å². The van der Waals surface area contributed by atoms with E-state index in [4.69, 9.17) is 5.73 Å². The molecule has 0 bridgehead atoms. The smallest absolute Gasteiger partial charge is 0.148 e. The van der Waals surface area contributed by atoms with Gasteiger partial charge in [0.05, 0.1) is 5.69 Å². The van der Waals surface area contributed by atoms with Crippen LogP contribution in [0.4, 0.5) is 20.2 Å². The zero-order valence-electron chi connectivity index (χ0n) is 9.08. The summed E-state index contributed by atoms with van der Waals surface area (Å²) in [4.78, 5) is 0. The van der Waals surface area contributed by atoms with Crippen molar-refractivity contribution in [2.45, 2.75) is 6.54 Å². The molecule has 4 heteroatoms. The van der Waals surface area contributed by atoms with Gasteiger partial charge in [-0.3, -0.25) is 0 Å². The second kappa shape index (κ2) is 4.82. The van der Waals surface area contributed by atoms with Crippen LogP contribution in [0.15, 0.2) is 42.5 Å². The fourth-order valence-electron chi connectivity index (χ4n) is 1.48. The van der Waals surface area contributed by atoms with Crippen LogP contribution in [0.3, 0.4) is 0 Å². The molecule has 0 saturated carbocycles. The molecule has 2 rings (SSSR count). The Morgan fingerprint density at radius 2 is 1.76 bits per heavy atom. The van der Waals surface area contributed by atoms with E-state index in [0.29, 0.717) is 17.8 Å². The highest BCUT2D eigenvalue weighted by Crippen LogP contribution is 2.17. The van der Waals surface area contributed by atoms with E-state index in [1.54, 1.807) is 24.3 Å². The van der Waals surface area contributed by atoms with Gasteiger partial charge in [0.15, 0.2) is 0 Å². The number of nitrogens with one attached hydrogen (secondary N) is 1. The summed E-state index contributed by atoms with van der Waals surface area (Å²) in [5.41, 5.74) is 6.56. The molecule has 0 atom stereocenters. The summed E-state index contributed by atoms with van der Waals surface area (Å²) in [6.45, 7) is 0.302. The highest BCUT2D eigenvalue weighted by molar-refractivity contribution is 5.52. The van der Waals surface area contributed by atoms with Crippen molar-refractivity contribution in [2.24, 2.45) is 0 Å². The summed E-state index contributed by atoms with van der Waals surface area (Å²) in [6, 6.07) is 10.9. The SMILES string of the molecule is Nc1ccc(NCc2ccccc2F)cc1F. The van der Waals surface area contributed by atoms with Crippen LogP contribution < -0.4 is 11.1 Å². The van der Waals surface area contributed by atoms with E-state index in [0.717, 1.165) is 0 Å². The van der Waals surface area contributed by atoms with Crippen molar-refractivity contribution in [1.29, 1.82) is 0 Å². The maximum absolute atomic E-state index is 13.3. The molecule has 3 N–H and O–H groups in total. The quantitative estimate of drug-likeness (QED) is 0.800. The minimum absolute atomic E-state index is 0.0986. The molecular formula is C13H12F2N2. The highest BCUT2D eigenvalue weighted by atomic mass is 19.1. The zero-order valence-corrected chi connectivity index (χ0v) is 9.08. The Morgan fingerprint density at radius 3 is 2.47 bits per heavy atom. The molecule has 2 aromatic carbocycles. The van der Waals surface area contributed by atoms with E-state index < -0.39 is 5.82 Å². The Bertz CT molecular complexity index is 527. The Labute approximate surface area is 98.1 Å². The lowest BCUT2D eigenvalue weighted by Crippen LogP contribution is -2.02.